The first kappa shape index (κ1) is 23.6. The van der Waals surface area contributed by atoms with Gasteiger partial charge in [0, 0.05) is 5.88 Å². The minimum Gasteiger partial charge on any atom is -0.480 e. The van der Waals surface area contributed by atoms with Crippen LogP contribution in [0.1, 0.15) is 77.0 Å². The van der Waals surface area contributed by atoms with Crippen molar-refractivity contribution in [1.82, 2.24) is 0 Å². The van der Waals surface area contributed by atoms with Crippen LogP contribution in [-0.2, 0) is 4.79 Å². The lowest BCUT2D eigenvalue weighted by Crippen LogP contribution is -2.31. The molecule has 0 saturated carbocycles. The number of hydrogen-bond donors (Lipinski definition) is 1. The van der Waals surface area contributed by atoms with Gasteiger partial charge >= 0.3 is 5.97 Å². The second-order valence-corrected chi connectivity index (χ2v) is 7.98. The number of carboxylic acid groups (broad SMARTS) is 1. The molecule has 0 saturated heterocycles. The van der Waals surface area contributed by atoms with Crippen molar-refractivity contribution in [1.29, 1.82) is 0 Å². The van der Waals surface area contributed by atoms with E-state index in [9.17, 15) is 4.79 Å². The average Bonchev–Trinajstić information content (AvgIpc) is 2.54. The van der Waals surface area contributed by atoms with Crippen LogP contribution in [0.5, 0.6) is 0 Å². The summed E-state index contributed by atoms with van der Waals surface area (Å²) in [7, 11) is 0. The number of aliphatic carboxylic acids is 1. The van der Waals surface area contributed by atoms with Gasteiger partial charge in [-0.1, -0.05) is 64.2 Å². The topological polar surface area (TPSA) is 37.3 Å². The van der Waals surface area contributed by atoms with Gasteiger partial charge in [0.25, 0.3) is 0 Å². The Morgan fingerprint density at radius 2 is 1.13 bits per heavy atom. The SMILES string of the molecule is O=C(O)C(Cl)C(Cl)C(Cl)CCCCCCCCCCCCCCl. The molecule has 0 aromatic rings. The molecule has 0 aromatic heterocycles. The average molecular weight is 408 g/mol. The van der Waals surface area contributed by atoms with Crippen LogP contribution in [0.25, 0.3) is 0 Å². The van der Waals surface area contributed by atoms with Crippen molar-refractivity contribution in [2.24, 2.45) is 0 Å². The Kier molecular flexibility index (Phi) is 16.6. The highest BCUT2D eigenvalue weighted by Gasteiger charge is 2.29. The second kappa shape index (κ2) is 16.1. The normalized spacial score (nSPS) is 15.3. The number of carbonyl (C=O) groups is 1. The van der Waals surface area contributed by atoms with Crippen molar-refractivity contribution < 1.29 is 9.90 Å². The van der Waals surface area contributed by atoms with Crippen LogP contribution in [0, 0.1) is 0 Å². The fourth-order valence-corrected chi connectivity index (χ4v) is 3.48. The summed E-state index contributed by atoms with van der Waals surface area (Å²) in [5, 5.41) is 6.56. The van der Waals surface area contributed by atoms with Gasteiger partial charge in [0.05, 0.1) is 10.8 Å². The third-order valence-electron chi connectivity index (χ3n) is 3.97. The van der Waals surface area contributed by atoms with Gasteiger partial charge < -0.3 is 5.11 Å². The fourth-order valence-electron chi connectivity index (χ4n) is 2.50. The maximum atomic E-state index is 10.7. The van der Waals surface area contributed by atoms with Gasteiger partial charge in [0.2, 0.25) is 0 Å². The number of alkyl halides is 4. The summed E-state index contributed by atoms with van der Waals surface area (Å²) in [6.45, 7) is 0. The molecule has 3 unspecified atom stereocenters. The van der Waals surface area contributed by atoms with Crippen molar-refractivity contribution in [3.63, 3.8) is 0 Å². The molecule has 0 spiro atoms. The van der Waals surface area contributed by atoms with E-state index < -0.39 is 16.7 Å². The highest BCUT2D eigenvalue weighted by Crippen LogP contribution is 2.23. The third kappa shape index (κ3) is 13.6. The van der Waals surface area contributed by atoms with E-state index in [0.717, 1.165) is 25.1 Å². The monoisotopic (exact) mass is 406 g/mol. The Morgan fingerprint density at radius 3 is 1.52 bits per heavy atom. The quantitative estimate of drug-likeness (QED) is 0.225. The minimum atomic E-state index is -1.12. The fraction of sp³-hybridized carbons (Fsp3) is 0.941. The van der Waals surface area contributed by atoms with E-state index in [-0.39, 0.29) is 5.38 Å². The number of carboxylic acids is 1. The van der Waals surface area contributed by atoms with E-state index in [1.807, 2.05) is 0 Å². The molecule has 0 amide bonds. The zero-order valence-electron chi connectivity index (χ0n) is 13.8. The molecule has 0 heterocycles. The van der Waals surface area contributed by atoms with Gasteiger partial charge in [-0.2, -0.15) is 0 Å². The van der Waals surface area contributed by atoms with E-state index in [1.54, 1.807) is 0 Å². The second-order valence-electron chi connectivity index (χ2n) is 6.07. The molecule has 0 bridgehead atoms. The molecule has 0 radical (unpaired) electrons. The largest absolute Gasteiger partial charge is 0.480 e. The zero-order valence-corrected chi connectivity index (χ0v) is 16.8. The summed E-state index contributed by atoms with van der Waals surface area (Å²) in [5.41, 5.74) is 0. The third-order valence-corrected chi connectivity index (χ3v) is 6.00. The lowest BCUT2D eigenvalue weighted by Gasteiger charge is -2.17. The maximum absolute atomic E-state index is 10.7. The first-order valence-corrected chi connectivity index (χ1v) is 10.6. The van der Waals surface area contributed by atoms with E-state index in [4.69, 9.17) is 51.5 Å². The standard InChI is InChI=1S/C17H30Cl4O2/c18-13-11-9-7-5-3-1-2-4-6-8-10-12-14(19)15(20)16(21)17(22)23/h14-16H,1-13H2,(H,22,23). The van der Waals surface area contributed by atoms with Crippen molar-refractivity contribution in [3.05, 3.63) is 0 Å². The van der Waals surface area contributed by atoms with Crippen LogP contribution in [0.4, 0.5) is 0 Å². The number of halogens is 4. The van der Waals surface area contributed by atoms with Gasteiger partial charge in [-0.3, -0.25) is 4.79 Å². The van der Waals surface area contributed by atoms with Gasteiger partial charge in [-0.15, -0.1) is 46.4 Å². The number of rotatable bonds is 16. The molecule has 0 aliphatic carbocycles. The summed E-state index contributed by atoms with van der Waals surface area (Å²) >= 11 is 23.4. The molecule has 0 aliphatic heterocycles. The van der Waals surface area contributed by atoms with Crippen molar-refractivity contribution in [3.8, 4) is 0 Å². The molecule has 3 atom stereocenters. The molecule has 6 heteroatoms. The van der Waals surface area contributed by atoms with Crippen molar-refractivity contribution in [2.75, 3.05) is 5.88 Å². The Balaban J connectivity index is 3.37. The van der Waals surface area contributed by atoms with Gasteiger partial charge in [-0.25, -0.2) is 0 Å². The summed E-state index contributed by atoms with van der Waals surface area (Å²) < 4.78 is 0. The Bertz CT molecular complexity index is 290. The van der Waals surface area contributed by atoms with Gasteiger partial charge in [0.15, 0.2) is 0 Å². The highest BCUT2D eigenvalue weighted by molar-refractivity contribution is 6.39. The lowest BCUT2D eigenvalue weighted by atomic mass is 10.0. The Morgan fingerprint density at radius 1 is 0.739 bits per heavy atom. The first-order valence-electron chi connectivity index (χ1n) is 8.71. The molecule has 1 N–H and O–H groups in total. The smallest absolute Gasteiger partial charge is 0.323 e. The van der Waals surface area contributed by atoms with E-state index in [2.05, 4.69) is 0 Å². The van der Waals surface area contributed by atoms with Crippen LogP contribution < -0.4 is 0 Å². The molecule has 23 heavy (non-hydrogen) atoms. The lowest BCUT2D eigenvalue weighted by molar-refractivity contribution is -0.136. The number of unbranched alkanes of at least 4 members (excludes halogenated alkanes) is 10. The Hall–Kier alpha value is 0.630. The Labute approximate surface area is 161 Å². The van der Waals surface area contributed by atoms with Crippen LogP contribution in [-0.4, -0.2) is 33.1 Å². The zero-order chi connectivity index (χ0) is 17.5. The number of hydrogen-bond acceptors (Lipinski definition) is 1. The van der Waals surface area contributed by atoms with Gasteiger partial charge in [0.1, 0.15) is 5.38 Å². The molecule has 0 fully saturated rings. The summed E-state index contributed by atoms with van der Waals surface area (Å²) in [4.78, 5) is 10.7. The summed E-state index contributed by atoms with van der Waals surface area (Å²) in [5.74, 6) is -0.324. The van der Waals surface area contributed by atoms with Crippen molar-refractivity contribution >= 4 is 52.4 Å². The van der Waals surface area contributed by atoms with E-state index in [0.29, 0.717) is 6.42 Å². The summed E-state index contributed by atoms with van der Waals surface area (Å²) in [6, 6.07) is 0. The molecule has 138 valence electrons. The predicted molar refractivity (Wildman–Crippen MR) is 103 cm³/mol. The molecule has 2 nitrogen and oxygen atoms in total. The molecule has 0 aliphatic rings. The van der Waals surface area contributed by atoms with Crippen molar-refractivity contribution in [2.45, 2.75) is 93.2 Å². The van der Waals surface area contributed by atoms with Crippen LogP contribution in [0.2, 0.25) is 0 Å². The summed E-state index contributed by atoms with van der Waals surface area (Å²) in [6.07, 6.45) is 14.2. The molecule has 0 aromatic carbocycles. The van der Waals surface area contributed by atoms with Gasteiger partial charge in [-0.05, 0) is 12.8 Å². The van der Waals surface area contributed by atoms with Crippen LogP contribution >= 0.6 is 46.4 Å². The molecule has 0 rings (SSSR count). The van der Waals surface area contributed by atoms with Crippen LogP contribution in [0.3, 0.4) is 0 Å². The minimum absolute atomic E-state index is 0.386. The highest BCUT2D eigenvalue weighted by atomic mass is 35.5. The van der Waals surface area contributed by atoms with Crippen LogP contribution in [0.15, 0.2) is 0 Å². The predicted octanol–water partition coefficient (Wildman–Crippen LogP) is 6.81. The first-order chi connectivity index (χ1) is 11.0. The molecular weight excluding hydrogens is 378 g/mol. The van der Waals surface area contributed by atoms with E-state index in [1.165, 1.54) is 51.4 Å². The molecular formula is C17H30Cl4O2. The van der Waals surface area contributed by atoms with E-state index >= 15 is 0 Å². The maximum Gasteiger partial charge on any atom is 0.323 e.